The first-order valence-corrected chi connectivity index (χ1v) is 11.9. The topological polar surface area (TPSA) is 9.23 Å². The molecule has 0 aliphatic rings. The summed E-state index contributed by atoms with van der Waals surface area (Å²) in [6, 6.07) is 10.5. The molecule has 0 aliphatic heterocycles. The van der Waals surface area contributed by atoms with E-state index in [-0.39, 0.29) is 11.1 Å². The van der Waals surface area contributed by atoms with Gasteiger partial charge in [-0.2, -0.15) is 0 Å². The largest absolute Gasteiger partial charge is 0.414 e. The highest BCUT2D eigenvalue weighted by atomic mass is 32.2. The first-order valence-electron chi connectivity index (χ1n) is 8.10. The van der Waals surface area contributed by atoms with E-state index in [9.17, 15) is 0 Å². The molecule has 3 heteroatoms. The zero-order valence-electron chi connectivity index (χ0n) is 15.2. The Kier molecular flexibility index (Phi) is 6.97. The van der Waals surface area contributed by atoms with Crippen molar-refractivity contribution >= 4 is 20.1 Å². The van der Waals surface area contributed by atoms with Gasteiger partial charge in [-0.05, 0) is 43.1 Å². The average molecular weight is 337 g/mol. The summed E-state index contributed by atoms with van der Waals surface area (Å²) in [5.41, 5.74) is 0. The van der Waals surface area contributed by atoms with Gasteiger partial charge in [0.15, 0.2) is 8.32 Å². The minimum Gasteiger partial charge on any atom is -0.414 e. The van der Waals surface area contributed by atoms with Crippen LogP contribution in [0.2, 0.25) is 18.1 Å². The molecule has 0 radical (unpaired) electrons. The normalized spacial score (nSPS) is 16.9. The van der Waals surface area contributed by atoms with Crippen LogP contribution in [0.25, 0.3) is 0 Å². The molecule has 0 saturated carbocycles. The van der Waals surface area contributed by atoms with Crippen molar-refractivity contribution in [3.63, 3.8) is 0 Å². The Labute approximate surface area is 142 Å². The molecular formula is C19H32OSSi. The minimum absolute atomic E-state index is 0.236. The van der Waals surface area contributed by atoms with E-state index in [1.807, 2.05) is 11.8 Å². The molecule has 0 spiro atoms. The van der Waals surface area contributed by atoms with Crippen LogP contribution in [-0.2, 0) is 4.43 Å². The van der Waals surface area contributed by atoms with E-state index >= 15 is 0 Å². The third-order valence-electron chi connectivity index (χ3n) is 4.79. The Hall–Kier alpha value is -0.513. The van der Waals surface area contributed by atoms with Crippen molar-refractivity contribution in [1.82, 2.24) is 0 Å². The van der Waals surface area contributed by atoms with E-state index in [2.05, 4.69) is 90.7 Å². The maximum atomic E-state index is 6.56. The van der Waals surface area contributed by atoms with Gasteiger partial charge in [-0.15, -0.1) is 18.3 Å². The van der Waals surface area contributed by atoms with Gasteiger partial charge in [0.25, 0.3) is 0 Å². The fraction of sp³-hybridized carbons (Fsp3) is 0.579. The molecule has 22 heavy (non-hydrogen) atoms. The standard InChI is InChI=1S/C19H32OSSi/c1-9-18(21-17-13-11-10-12-14-17)15(2)16(3)20-22(7,8)19(4,5)6/h9-16,18H,1H2,2-8H3/t15-,16-,18?/m0/s1. The van der Waals surface area contributed by atoms with Gasteiger partial charge in [0, 0.05) is 16.2 Å². The summed E-state index contributed by atoms with van der Waals surface area (Å²) in [5.74, 6) is 0.428. The molecule has 0 heterocycles. The second-order valence-electron chi connectivity index (χ2n) is 7.57. The molecule has 1 aromatic carbocycles. The van der Waals surface area contributed by atoms with Crippen molar-refractivity contribution in [2.45, 2.75) is 69.0 Å². The van der Waals surface area contributed by atoms with Crippen LogP contribution < -0.4 is 0 Å². The predicted molar refractivity (Wildman–Crippen MR) is 103 cm³/mol. The molecule has 1 aromatic rings. The van der Waals surface area contributed by atoms with E-state index in [0.717, 1.165) is 0 Å². The Morgan fingerprint density at radius 3 is 2.14 bits per heavy atom. The van der Waals surface area contributed by atoms with Gasteiger partial charge < -0.3 is 4.43 Å². The molecule has 0 bridgehead atoms. The molecule has 1 nitrogen and oxygen atoms in total. The number of hydrogen-bond donors (Lipinski definition) is 0. The molecule has 124 valence electrons. The fourth-order valence-electron chi connectivity index (χ4n) is 2.04. The summed E-state index contributed by atoms with van der Waals surface area (Å²) in [4.78, 5) is 1.29. The van der Waals surface area contributed by atoms with Crippen LogP contribution in [-0.4, -0.2) is 19.7 Å². The number of benzene rings is 1. The fourth-order valence-corrected chi connectivity index (χ4v) is 4.70. The highest BCUT2D eigenvalue weighted by Gasteiger charge is 2.39. The van der Waals surface area contributed by atoms with E-state index < -0.39 is 8.32 Å². The lowest BCUT2D eigenvalue weighted by Crippen LogP contribution is -2.45. The van der Waals surface area contributed by atoms with E-state index in [1.54, 1.807) is 0 Å². The van der Waals surface area contributed by atoms with Crippen molar-refractivity contribution in [1.29, 1.82) is 0 Å². The van der Waals surface area contributed by atoms with Crippen LogP contribution in [0, 0.1) is 5.92 Å². The number of rotatable bonds is 7. The van der Waals surface area contributed by atoms with Crippen LogP contribution >= 0.6 is 11.8 Å². The van der Waals surface area contributed by atoms with Crippen molar-refractivity contribution in [3.05, 3.63) is 43.0 Å². The Morgan fingerprint density at radius 2 is 1.68 bits per heavy atom. The second-order valence-corrected chi connectivity index (χ2v) is 13.6. The maximum absolute atomic E-state index is 6.56. The average Bonchev–Trinajstić information content (AvgIpc) is 2.43. The van der Waals surface area contributed by atoms with Crippen LogP contribution in [0.15, 0.2) is 47.9 Å². The zero-order valence-corrected chi connectivity index (χ0v) is 17.0. The quantitative estimate of drug-likeness (QED) is 0.324. The van der Waals surface area contributed by atoms with Crippen molar-refractivity contribution in [2.24, 2.45) is 5.92 Å². The SMILES string of the molecule is C=CC(Sc1ccccc1)[C@@H](C)[C@H](C)O[Si](C)(C)C(C)(C)C. The van der Waals surface area contributed by atoms with E-state index in [1.165, 1.54) is 4.90 Å². The third-order valence-corrected chi connectivity index (χ3v) is 10.8. The van der Waals surface area contributed by atoms with E-state index in [0.29, 0.717) is 11.2 Å². The number of hydrogen-bond acceptors (Lipinski definition) is 2. The molecule has 0 amide bonds. The van der Waals surface area contributed by atoms with Gasteiger partial charge in [0.2, 0.25) is 0 Å². The summed E-state index contributed by atoms with van der Waals surface area (Å²) >= 11 is 1.88. The molecule has 0 aromatic heterocycles. The number of thioether (sulfide) groups is 1. The van der Waals surface area contributed by atoms with Crippen molar-refractivity contribution < 1.29 is 4.43 Å². The second kappa shape index (κ2) is 7.85. The maximum Gasteiger partial charge on any atom is 0.192 e. The summed E-state index contributed by atoms with van der Waals surface area (Å²) in [6.07, 6.45) is 2.30. The third kappa shape index (κ3) is 5.29. The Morgan fingerprint density at radius 1 is 1.14 bits per heavy atom. The smallest absolute Gasteiger partial charge is 0.192 e. The van der Waals surface area contributed by atoms with Gasteiger partial charge in [-0.25, -0.2) is 0 Å². The van der Waals surface area contributed by atoms with E-state index in [4.69, 9.17) is 4.43 Å². The Balaban J connectivity index is 2.75. The molecule has 1 unspecified atom stereocenters. The van der Waals surface area contributed by atoms with Crippen molar-refractivity contribution in [3.8, 4) is 0 Å². The van der Waals surface area contributed by atoms with Gasteiger partial charge in [-0.1, -0.05) is 52.0 Å². The summed E-state index contributed by atoms with van der Waals surface area (Å²) in [6.45, 7) is 20.1. The molecule has 1 rings (SSSR count). The first-order chi connectivity index (χ1) is 10.1. The minimum atomic E-state index is -1.72. The summed E-state index contributed by atoms with van der Waals surface area (Å²) in [7, 11) is -1.72. The summed E-state index contributed by atoms with van der Waals surface area (Å²) < 4.78 is 6.56. The molecule has 3 atom stereocenters. The van der Waals surface area contributed by atoms with Gasteiger partial charge in [0.05, 0.1) is 0 Å². The Bertz CT molecular complexity index is 464. The molecule has 0 fully saturated rings. The van der Waals surface area contributed by atoms with Crippen LogP contribution in [0.5, 0.6) is 0 Å². The lowest BCUT2D eigenvalue weighted by Gasteiger charge is -2.40. The zero-order chi connectivity index (χ0) is 17.0. The molecule has 0 N–H and O–H groups in total. The monoisotopic (exact) mass is 336 g/mol. The van der Waals surface area contributed by atoms with Crippen molar-refractivity contribution in [2.75, 3.05) is 0 Å². The summed E-state index contributed by atoms with van der Waals surface area (Å²) in [5, 5.41) is 0.610. The lowest BCUT2D eigenvalue weighted by molar-refractivity contribution is 0.146. The predicted octanol–water partition coefficient (Wildman–Crippen LogP) is 6.38. The first kappa shape index (κ1) is 19.5. The molecular weight excluding hydrogens is 304 g/mol. The van der Waals surface area contributed by atoms with Gasteiger partial charge in [0.1, 0.15) is 0 Å². The van der Waals surface area contributed by atoms with Gasteiger partial charge in [-0.3, -0.25) is 0 Å². The van der Waals surface area contributed by atoms with Crippen LogP contribution in [0.3, 0.4) is 0 Å². The highest BCUT2D eigenvalue weighted by molar-refractivity contribution is 8.00. The molecule has 0 saturated heterocycles. The van der Waals surface area contributed by atoms with Gasteiger partial charge >= 0.3 is 0 Å². The van der Waals surface area contributed by atoms with Crippen LogP contribution in [0.1, 0.15) is 34.6 Å². The molecule has 0 aliphatic carbocycles. The van der Waals surface area contributed by atoms with Crippen LogP contribution in [0.4, 0.5) is 0 Å². The highest BCUT2D eigenvalue weighted by Crippen LogP contribution is 2.39. The lowest BCUT2D eigenvalue weighted by atomic mass is 10.0.